The van der Waals surface area contributed by atoms with Gasteiger partial charge in [0.2, 0.25) is 5.91 Å². The highest BCUT2D eigenvalue weighted by molar-refractivity contribution is 7.99. The summed E-state index contributed by atoms with van der Waals surface area (Å²) >= 11 is 2.86. The SMILES string of the molecule is Cc1sc2nc(SCC(=O)Nc3c(C(C)C)cccc3C(C)C)n(C(C)C)c(=O)c2c1C. The first-order chi connectivity index (χ1) is 15.0. The van der Waals surface area contributed by atoms with E-state index in [4.69, 9.17) is 4.98 Å². The molecule has 0 fully saturated rings. The lowest BCUT2D eigenvalue weighted by molar-refractivity contribution is -0.113. The van der Waals surface area contributed by atoms with Crippen molar-refractivity contribution in [3.05, 3.63) is 50.1 Å². The van der Waals surface area contributed by atoms with Gasteiger partial charge >= 0.3 is 0 Å². The lowest BCUT2D eigenvalue weighted by atomic mass is 9.92. The van der Waals surface area contributed by atoms with Crippen molar-refractivity contribution in [2.24, 2.45) is 0 Å². The molecule has 7 heteroatoms. The minimum Gasteiger partial charge on any atom is -0.325 e. The average Bonchev–Trinajstić information content (AvgIpc) is 2.99. The average molecular weight is 472 g/mol. The molecule has 0 atom stereocenters. The van der Waals surface area contributed by atoms with Crippen LogP contribution in [0.15, 0.2) is 28.2 Å². The molecule has 172 valence electrons. The molecule has 3 aromatic rings. The molecule has 0 unspecified atom stereocenters. The molecule has 2 aromatic heterocycles. The zero-order valence-electron chi connectivity index (χ0n) is 20.2. The van der Waals surface area contributed by atoms with E-state index in [1.165, 1.54) is 23.1 Å². The third-order valence-electron chi connectivity index (χ3n) is 5.69. The van der Waals surface area contributed by atoms with Crippen molar-refractivity contribution in [3.63, 3.8) is 0 Å². The molecule has 0 spiro atoms. The Balaban J connectivity index is 1.91. The van der Waals surface area contributed by atoms with Crippen molar-refractivity contribution in [1.29, 1.82) is 0 Å². The number of hydrogen-bond donors (Lipinski definition) is 1. The van der Waals surface area contributed by atoms with Crippen molar-refractivity contribution >= 4 is 44.9 Å². The summed E-state index contributed by atoms with van der Waals surface area (Å²) in [5, 5.41) is 4.44. The third kappa shape index (κ3) is 4.79. The van der Waals surface area contributed by atoms with Crippen molar-refractivity contribution in [3.8, 4) is 0 Å². The molecule has 32 heavy (non-hydrogen) atoms. The molecule has 0 aliphatic heterocycles. The Labute approximate surface area is 198 Å². The van der Waals surface area contributed by atoms with Crippen LogP contribution in [0, 0.1) is 13.8 Å². The van der Waals surface area contributed by atoms with Crippen LogP contribution in [0.5, 0.6) is 0 Å². The number of nitrogens with zero attached hydrogens (tertiary/aromatic N) is 2. The topological polar surface area (TPSA) is 64.0 Å². The Kier molecular flexibility index (Phi) is 7.50. The van der Waals surface area contributed by atoms with Crippen LogP contribution in [0.2, 0.25) is 0 Å². The van der Waals surface area contributed by atoms with Gasteiger partial charge in [0.15, 0.2) is 5.16 Å². The van der Waals surface area contributed by atoms with Crippen LogP contribution in [0.25, 0.3) is 10.2 Å². The second-order valence-corrected chi connectivity index (χ2v) is 11.2. The molecule has 5 nitrogen and oxygen atoms in total. The summed E-state index contributed by atoms with van der Waals surface area (Å²) in [5.41, 5.74) is 4.16. The lowest BCUT2D eigenvalue weighted by Crippen LogP contribution is -2.26. The second-order valence-electron chi connectivity index (χ2n) is 9.08. The van der Waals surface area contributed by atoms with Gasteiger partial charge in [-0.25, -0.2) is 4.98 Å². The fourth-order valence-corrected chi connectivity index (χ4v) is 5.84. The zero-order valence-corrected chi connectivity index (χ0v) is 21.8. The van der Waals surface area contributed by atoms with Gasteiger partial charge in [0.05, 0.1) is 11.1 Å². The number of aryl methyl sites for hydroxylation is 2. The highest BCUT2D eigenvalue weighted by atomic mass is 32.2. The number of thiophene rings is 1. The Morgan fingerprint density at radius 1 is 1.09 bits per heavy atom. The van der Waals surface area contributed by atoms with Gasteiger partial charge < -0.3 is 5.32 Å². The summed E-state index contributed by atoms with van der Waals surface area (Å²) in [4.78, 5) is 32.8. The summed E-state index contributed by atoms with van der Waals surface area (Å²) in [7, 11) is 0. The fraction of sp³-hybridized carbons (Fsp3) is 0.480. The molecule has 2 heterocycles. The smallest absolute Gasteiger partial charge is 0.263 e. The van der Waals surface area contributed by atoms with Crippen molar-refractivity contribution in [1.82, 2.24) is 9.55 Å². The van der Waals surface area contributed by atoms with Gasteiger partial charge in [0, 0.05) is 16.6 Å². The Bertz CT molecular complexity index is 1180. The standard InChI is InChI=1S/C25H33N3O2S2/c1-13(2)18-10-9-11-19(14(3)4)22(18)26-20(29)12-31-25-27-23-21(16(7)17(8)32-23)24(30)28(25)15(5)6/h9-11,13-15H,12H2,1-8H3,(H,26,29). The highest BCUT2D eigenvalue weighted by Gasteiger charge is 2.20. The van der Waals surface area contributed by atoms with Crippen molar-refractivity contribution in [2.75, 3.05) is 11.1 Å². The zero-order chi connectivity index (χ0) is 23.7. The summed E-state index contributed by atoms with van der Waals surface area (Å²) in [6.07, 6.45) is 0. The number of carbonyl (C=O) groups excluding carboxylic acids is 1. The number of para-hydroxylation sites is 1. The summed E-state index contributed by atoms with van der Waals surface area (Å²) in [5.74, 6) is 0.709. The van der Waals surface area contributed by atoms with E-state index < -0.39 is 0 Å². The minimum atomic E-state index is -0.0896. The maximum Gasteiger partial charge on any atom is 0.263 e. The molecule has 0 radical (unpaired) electrons. The van der Waals surface area contributed by atoms with Crippen LogP contribution < -0.4 is 10.9 Å². The molecule has 0 saturated heterocycles. The van der Waals surface area contributed by atoms with Gasteiger partial charge in [-0.05, 0) is 56.2 Å². The normalized spacial score (nSPS) is 11.8. The summed E-state index contributed by atoms with van der Waals surface area (Å²) in [6.45, 7) is 16.5. The maximum absolute atomic E-state index is 13.2. The van der Waals surface area contributed by atoms with Crippen LogP contribution in [0.4, 0.5) is 5.69 Å². The number of anilines is 1. The van der Waals surface area contributed by atoms with Crippen LogP contribution >= 0.6 is 23.1 Å². The van der Waals surface area contributed by atoms with E-state index in [1.54, 1.807) is 4.57 Å². The predicted molar refractivity (Wildman–Crippen MR) is 138 cm³/mol. The quantitative estimate of drug-likeness (QED) is 0.310. The van der Waals surface area contributed by atoms with Crippen LogP contribution in [0.3, 0.4) is 0 Å². The number of fused-ring (bicyclic) bond motifs is 1. The van der Waals surface area contributed by atoms with E-state index >= 15 is 0 Å². The molecule has 3 rings (SSSR count). The number of hydrogen-bond acceptors (Lipinski definition) is 5. The van der Waals surface area contributed by atoms with Gasteiger partial charge in [-0.15, -0.1) is 11.3 Å². The Hall–Kier alpha value is -2.12. The first-order valence-corrected chi connectivity index (χ1v) is 12.9. The third-order valence-corrected chi connectivity index (χ3v) is 7.74. The number of rotatable bonds is 7. The number of aromatic nitrogens is 2. The molecular formula is C25H33N3O2S2. The van der Waals surface area contributed by atoms with E-state index in [9.17, 15) is 9.59 Å². The summed E-state index contributed by atoms with van der Waals surface area (Å²) < 4.78 is 1.71. The van der Waals surface area contributed by atoms with E-state index in [0.717, 1.165) is 32.1 Å². The number of thioether (sulfide) groups is 1. The lowest BCUT2D eigenvalue weighted by Gasteiger charge is -2.20. The molecular weight excluding hydrogens is 438 g/mol. The second kappa shape index (κ2) is 9.79. The number of amides is 1. The van der Waals surface area contributed by atoms with Gasteiger partial charge in [-0.2, -0.15) is 0 Å². The highest BCUT2D eigenvalue weighted by Crippen LogP contribution is 2.33. The Morgan fingerprint density at radius 2 is 1.69 bits per heavy atom. The number of benzene rings is 1. The Morgan fingerprint density at radius 3 is 2.22 bits per heavy atom. The molecule has 0 saturated carbocycles. The van der Waals surface area contributed by atoms with Crippen LogP contribution in [-0.2, 0) is 4.79 Å². The molecule has 0 bridgehead atoms. The first kappa shape index (κ1) is 24.5. The van der Waals surface area contributed by atoms with E-state index in [-0.39, 0.29) is 23.3 Å². The van der Waals surface area contributed by atoms with Gasteiger partial charge in [0.25, 0.3) is 5.56 Å². The molecule has 0 aliphatic carbocycles. The van der Waals surface area contributed by atoms with Gasteiger partial charge in [0.1, 0.15) is 4.83 Å². The first-order valence-electron chi connectivity index (χ1n) is 11.1. The maximum atomic E-state index is 13.2. The van der Waals surface area contributed by atoms with E-state index in [2.05, 4.69) is 51.2 Å². The van der Waals surface area contributed by atoms with Gasteiger partial charge in [-0.1, -0.05) is 57.7 Å². The van der Waals surface area contributed by atoms with Crippen LogP contribution in [0.1, 0.15) is 81.0 Å². The summed E-state index contributed by atoms with van der Waals surface area (Å²) in [6, 6.07) is 6.17. The molecule has 1 amide bonds. The minimum absolute atomic E-state index is 0.0259. The molecule has 0 aliphatic rings. The van der Waals surface area contributed by atoms with Crippen molar-refractivity contribution in [2.45, 2.75) is 78.4 Å². The predicted octanol–water partition coefficient (Wildman–Crippen LogP) is 6.63. The number of carbonyl (C=O) groups is 1. The molecule has 1 N–H and O–H groups in total. The van der Waals surface area contributed by atoms with E-state index in [1.807, 2.05) is 27.7 Å². The van der Waals surface area contributed by atoms with Crippen LogP contribution in [-0.4, -0.2) is 21.2 Å². The largest absolute Gasteiger partial charge is 0.325 e. The van der Waals surface area contributed by atoms with E-state index in [0.29, 0.717) is 22.4 Å². The number of nitrogens with one attached hydrogen (secondary N) is 1. The fourth-order valence-electron chi connectivity index (χ4n) is 3.85. The monoisotopic (exact) mass is 471 g/mol. The van der Waals surface area contributed by atoms with Gasteiger partial charge in [-0.3, -0.25) is 14.2 Å². The van der Waals surface area contributed by atoms with Crippen molar-refractivity contribution < 1.29 is 4.79 Å². The molecule has 1 aromatic carbocycles.